The number of hydrogen-bond donors (Lipinski definition) is 2. The minimum atomic E-state index is 0.636. The summed E-state index contributed by atoms with van der Waals surface area (Å²) in [7, 11) is 0. The van der Waals surface area contributed by atoms with E-state index >= 15 is 0 Å². The topological polar surface area (TPSA) is 0 Å². The molecule has 0 aliphatic heterocycles. The Kier molecular flexibility index (Phi) is 7.51. The van der Waals surface area contributed by atoms with Gasteiger partial charge in [0.1, 0.15) is 0 Å². The van der Waals surface area contributed by atoms with Gasteiger partial charge in [-0.05, 0) is 42.8 Å². The average molecular weight is 301 g/mol. The van der Waals surface area contributed by atoms with Crippen molar-refractivity contribution >= 4 is 25.3 Å². The van der Waals surface area contributed by atoms with Gasteiger partial charge in [-0.3, -0.25) is 0 Å². The highest BCUT2D eigenvalue weighted by atomic mass is 32.1. The van der Waals surface area contributed by atoms with E-state index in [0.717, 1.165) is 23.5 Å². The van der Waals surface area contributed by atoms with E-state index in [1.807, 2.05) is 0 Å². The average Bonchev–Trinajstić information content (AvgIpc) is 2.97. The van der Waals surface area contributed by atoms with Crippen molar-refractivity contribution in [3.8, 4) is 0 Å². The third kappa shape index (κ3) is 5.19. The van der Waals surface area contributed by atoms with Crippen LogP contribution in [-0.2, 0) is 0 Å². The molecule has 112 valence electrons. The van der Waals surface area contributed by atoms with Crippen molar-refractivity contribution in [3.63, 3.8) is 0 Å². The van der Waals surface area contributed by atoms with Crippen LogP contribution >= 0.6 is 25.3 Å². The van der Waals surface area contributed by atoms with Crippen LogP contribution in [0.15, 0.2) is 0 Å². The van der Waals surface area contributed by atoms with Crippen LogP contribution in [0.1, 0.15) is 77.0 Å². The fourth-order valence-corrected chi connectivity index (χ4v) is 5.21. The van der Waals surface area contributed by atoms with Crippen LogP contribution in [0.4, 0.5) is 0 Å². The van der Waals surface area contributed by atoms with Gasteiger partial charge in [0.2, 0.25) is 0 Å². The largest absolute Gasteiger partial charge is 0.179 e. The molecule has 19 heavy (non-hydrogen) atoms. The first-order valence-electron chi connectivity index (χ1n) is 8.60. The molecular formula is C17H32S2. The summed E-state index contributed by atoms with van der Waals surface area (Å²) in [5.41, 5.74) is 0. The van der Waals surface area contributed by atoms with E-state index in [0.29, 0.717) is 5.25 Å². The highest BCUT2D eigenvalue weighted by molar-refractivity contribution is 7.81. The Balaban J connectivity index is 1.75. The predicted molar refractivity (Wildman–Crippen MR) is 92.5 cm³/mol. The highest BCUT2D eigenvalue weighted by Crippen LogP contribution is 2.39. The minimum Gasteiger partial charge on any atom is -0.179 e. The van der Waals surface area contributed by atoms with Gasteiger partial charge in [0.15, 0.2) is 0 Å². The summed E-state index contributed by atoms with van der Waals surface area (Å²) in [4.78, 5) is 0. The number of rotatable bonds is 7. The fraction of sp³-hybridized carbons (Fsp3) is 1.00. The predicted octanol–water partition coefficient (Wildman–Crippen LogP) is 5.77. The third-order valence-corrected chi connectivity index (χ3v) is 6.46. The summed E-state index contributed by atoms with van der Waals surface area (Å²) in [5, 5.41) is 0.636. The smallest absolute Gasteiger partial charge is 0.00481 e. The SMILES string of the molecule is SCCC(C(S)CCC1CCCCC1)C1CCCC1. The maximum absolute atomic E-state index is 5.00. The normalized spacial score (nSPS) is 25.6. The summed E-state index contributed by atoms with van der Waals surface area (Å²) in [6, 6.07) is 0. The molecule has 2 unspecified atom stereocenters. The molecule has 2 rings (SSSR count). The van der Waals surface area contributed by atoms with Crippen molar-refractivity contribution in [1.29, 1.82) is 0 Å². The molecule has 0 nitrogen and oxygen atoms in total. The molecule has 0 heterocycles. The van der Waals surface area contributed by atoms with Crippen LogP contribution in [0.2, 0.25) is 0 Å². The lowest BCUT2D eigenvalue weighted by molar-refractivity contribution is 0.283. The Hall–Kier alpha value is 0.700. The van der Waals surface area contributed by atoms with Gasteiger partial charge in [0.05, 0.1) is 0 Å². The van der Waals surface area contributed by atoms with E-state index in [4.69, 9.17) is 12.6 Å². The maximum atomic E-state index is 5.00. The van der Waals surface area contributed by atoms with Crippen LogP contribution in [0.5, 0.6) is 0 Å². The molecule has 0 spiro atoms. The summed E-state index contributed by atoms with van der Waals surface area (Å²) in [5.74, 6) is 3.86. The van der Waals surface area contributed by atoms with Crippen molar-refractivity contribution < 1.29 is 0 Å². The van der Waals surface area contributed by atoms with Crippen LogP contribution in [0.25, 0.3) is 0 Å². The molecule has 2 fully saturated rings. The lowest BCUT2D eigenvalue weighted by atomic mass is 9.81. The van der Waals surface area contributed by atoms with Crippen molar-refractivity contribution in [2.24, 2.45) is 17.8 Å². The Morgan fingerprint density at radius 3 is 2.11 bits per heavy atom. The van der Waals surface area contributed by atoms with Gasteiger partial charge in [-0.15, -0.1) is 0 Å². The minimum absolute atomic E-state index is 0.636. The summed E-state index contributed by atoms with van der Waals surface area (Å²) in [6.45, 7) is 0. The Morgan fingerprint density at radius 2 is 1.47 bits per heavy atom. The van der Waals surface area contributed by atoms with E-state index in [-0.39, 0.29) is 0 Å². The summed E-state index contributed by atoms with van der Waals surface area (Å²) < 4.78 is 0. The summed E-state index contributed by atoms with van der Waals surface area (Å²) >= 11 is 9.48. The van der Waals surface area contributed by atoms with Gasteiger partial charge < -0.3 is 0 Å². The van der Waals surface area contributed by atoms with E-state index in [1.165, 1.54) is 77.0 Å². The van der Waals surface area contributed by atoms with Gasteiger partial charge in [0.25, 0.3) is 0 Å². The Labute approximate surface area is 131 Å². The van der Waals surface area contributed by atoms with Crippen LogP contribution in [0, 0.1) is 17.8 Å². The van der Waals surface area contributed by atoms with E-state index in [9.17, 15) is 0 Å². The first kappa shape index (κ1) is 16.1. The molecule has 0 bridgehead atoms. The molecule has 0 saturated heterocycles. The zero-order valence-corrected chi connectivity index (χ0v) is 14.2. The van der Waals surface area contributed by atoms with Crippen molar-refractivity contribution in [2.75, 3.05) is 5.75 Å². The highest BCUT2D eigenvalue weighted by Gasteiger charge is 2.29. The van der Waals surface area contributed by atoms with Crippen molar-refractivity contribution in [3.05, 3.63) is 0 Å². The zero-order valence-electron chi connectivity index (χ0n) is 12.4. The van der Waals surface area contributed by atoms with Gasteiger partial charge in [-0.25, -0.2) is 0 Å². The van der Waals surface area contributed by atoms with Crippen LogP contribution in [0.3, 0.4) is 0 Å². The van der Waals surface area contributed by atoms with Gasteiger partial charge in [-0.1, -0.05) is 57.8 Å². The third-order valence-electron chi connectivity index (χ3n) is 5.56. The molecular weight excluding hydrogens is 268 g/mol. The maximum Gasteiger partial charge on any atom is 0.00481 e. The van der Waals surface area contributed by atoms with E-state index in [2.05, 4.69) is 12.6 Å². The molecule has 2 atom stereocenters. The van der Waals surface area contributed by atoms with Crippen LogP contribution < -0.4 is 0 Å². The first-order valence-corrected chi connectivity index (χ1v) is 9.75. The molecule has 2 aliphatic carbocycles. The second-order valence-corrected chi connectivity index (χ2v) is 7.98. The second-order valence-electron chi connectivity index (χ2n) is 6.87. The lowest BCUT2D eigenvalue weighted by Crippen LogP contribution is -2.24. The molecule has 0 amide bonds. The second kappa shape index (κ2) is 8.87. The monoisotopic (exact) mass is 300 g/mol. The first-order chi connectivity index (χ1) is 9.31. The van der Waals surface area contributed by atoms with Crippen molar-refractivity contribution in [2.45, 2.75) is 82.3 Å². The van der Waals surface area contributed by atoms with Gasteiger partial charge in [0, 0.05) is 5.25 Å². The Morgan fingerprint density at radius 1 is 0.842 bits per heavy atom. The molecule has 2 saturated carbocycles. The molecule has 0 N–H and O–H groups in total. The van der Waals surface area contributed by atoms with E-state index < -0.39 is 0 Å². The quantitative estimate of drug-likeness (QED) is 0.548. The number of hydrogen-bond acceptors (Lipinski definition) is 2. The van der Waals surface area contributed by atoms with Gasteiger partial charge in [-0.2, -0.15) is 25.3 Å². The standard InChI is InChI=1S/C17H32S2/c18-13-12-16(15-8-4-5-9-15)17(19)11-10-14-6-2-1-3-7-14/h14-19H,1-13H2. The van der Waals surface area contributed by atoms with Crippen molar-refractivity contribution in [1.82, 2.24) is 0 Å². The molecule has 0 aromatic rings. The number of thiol groups is 2. The fourth-order valence-electron chi connectivity index (χ4n) is 4.37. The molecule has 0 aromatic heterocycles. The van der Waals surface area contributed by atoms with Gasteiger partial charge >= 0.3 is 0 Å². The molecule has 2 heteroatoms. The summed E-state index contributed by atoms with van der Waals surface area (Å²) in [6.07, 6.45) is 17.3. The zero-order chi connectivity index (χ0) is 13.5. The molecule has 0 radical (unpaired) electrons. The Bertz CT molecular complexity index is 229. The lowest BCUT2D eigenvalue weighted by Gasteiger charge is -2.30. The van der Waals surface area contributed by atoms with E-state index in [1.54, 1.807) is 0 Å². The molecule has 2 aliphatic rings. The molecule has 0 aromatic carbocycles. The van der Waals surface area contributed by atoms with Crippen LogP contribution in [-0.4, -0.2) is 11.0 Å².